The fourth-order valence-corrected chi connectivity index (χ4v) is 0.935. The molecule has 13 heavy (non-hydrogen) atoms. The lowest BCUT2D eigenvalue weighted by Crippen LogP contribution is -2.37. The molecule has 0 heterocycles. The van der Waals surface area contributed by atoms with Crippen molar-refractivity contribution < 1.29 is 9.18 Å². The van der Waals surface area contributed by atoms with Gasteiger partial charge in [0.15, 0.2) is 5.78 Å². The number of rotatable bonds is 3. The number of carbonyl (C=O) groups excluding carboxylic acids is 1. The summed E-state index contributed by atoms with van der Waals surface area (Å²) in [5.74, 6) is -0.639. The molecule has 70 valence electrons. The van der Waals surface area contributed by atoms with Gasteiger partial charge >= 0.3 is 0 Å². The van der Waals surface area contributed by atoms with Gasteiger partial charge in [-0.05, 0) is 24.3 Å². The summed E-state index contributed by atoms with van der Waals surface area (Å²) in [7, 11) is 0. The molecule has 0 amide bonds. The molecular formula is C9H11FN2O. The standard InChI is InChI=1S/C9H11FN2O/c10-7-3-1-6(2-4-7)9(13)8(12)5-11/h1-4,8H,5,11-12H2. The minimum absolute atomic E-state index is 0.0935. The number of hydrogen-bond donors (Lipinski definition) is 2. The molecule has 0 spiro atoms. The van der Waals surface area contributed by atoms with Crippen molar-refractivity contribution in [3.05, 3.63) is 35.6 Å². The van der Waals surface area contributed by atoms with Crippen LogP contribution in [0.5, 0.6) is 0 Å². The Labute approximate surface area is 75.5 Å². The lowest BCUT2D eigenvalue weighted by atomic mass is 10.1. The molecule has 4 heteroatoms. The van der Waals surface area contributed by atoms with Crippen molar-refractivity contribution in [2.24, 2.45) is 11.5 Å². The fourth-order valence-electron chi connectivity index (χ4n) is 0.935. The second kappa shape index (κ2) is 4.11. The van der Waals surface area contributed by atoms with Crippen molar-refractivity contribution in [3.8, 4) is 0 Å². The van der Waals surface area contributed by atoms with E-state index in [4.69, 9.17) is 11.5 Å². The summed E-state index contributed by atoms with van der Waals surface area (Å²) in [6, 6.07) is 4.53. The largest absolute Gasteiger partial charge is 0.328 e. The number of nitrogens with two attached hydrogens (primary N) is 2. The van der Waals surface area contributed by atoms with E-state index in [-0.39, 0.29) is 18.1 Å². The maximum atomic E-state index is 12.5. The Morgan fingerprint density at radius 3 is 2.38 bits per heavy atom. The zero-order chi connectivity index (χ0) is 9.84. The van der Waals surface area contributed by atoms with E-state index < -0.39 is 6.04 Å². The van der Waals surface area contributed by atoms with Crippen molar-refractivity contribution in [1.82, 2.24) is 0 Å². The fraction of sp³-hybridized carbons (Fsp3) is 0.222. The number of halogens is 1. The summed E-state index contributed by atoms with van der Waals surface area (Å²) in [5.41, 5.74) is 11.0. The summed E-state index contributed by atoms with van der Waals surface area (Å²) in [6.45, 7) is 0.0935. The molecule has 0 radical (unpaired) electrons. The van der Waals surface area contributed by atoms with Crippen LogP contribution in [0.15, 0.2) is 24.3 Å². The number of ketones is 1. The number of benzene rings is 1. The van der Waals surface area contributed by atoms with Crippen molar-refractivity contribution in [1.29, 1.82) is 0 Å². The van der Waals surface area contributed by atoms with Crippen LogP contribution in [-0.2, 0) is 0 Å². The van der Waals surface area contributed by atoms with Crippen molar-refractivity contribution in [3.63, 3.8) is 0 Å². The minimum atomic E-state index is -0.703. The summed E-state index contributed by atoms with van der Waals surface area (Å²) in [6.07, 6.45) is 0. The molecular weight excluding hydrogens is 171 g/mol. The van der Waals surface area contributed by atoms with Crippen molar-refractivity contribution in [2.45, 2.75) is 6.04 Å². The van der Waals surface area contributed by atoms with E-state index in [0.29, 0.717) is 5.56 Å². The molecule has 1 atom stereocenters. The highest BCUT2D eigenvalue weighted by Gasteiger charge is 2.13. The van der Waals surface area contributed by atoms with E-state index >= 15 is 0 Å². The first-order chi connectivity index (χ1) is 6.15. The molecule has 0 saturated heterocycles. The van der Waals surface area contributed by atoms with Crippen LogP contribution >= 0.6 is 0 Å². The van der Waals surface area contributed by atoms with E-state index in [2.05, 4.69) is 0 Å². The quantitative estimate of drug-likeness (QED) is 0.660. The predicted octanol–water partition coefficient (Wildman–Crippen LogP) is 0.294. The van der Waals surface area contributed by atoms with Crippen LogP contribution in [0.25, 0.3) is 0 Å². The number of carbonyl (C=O) groups is 1. The van der Waals surface area contributed by atoms with E-state index in [0.717, 1.165) is 0 Å². The van der Waals surface area contributed by atoms with Gasteiger partial charge in [0.1, 0.15) is 5.82 Å². The lowest BCUT2D eigenvalue weighted by Gasteiger charge is -2.06. The topological polar surface area (TPSA) is 69.1 Å². The van der Waals surface area contributed by atoms with Gasteiger partial charge in [0.2, 0.25) is 0 Å². The Balaban J connectivity index is 2.83. The Morgan fingerprint density at radius 2 is 1.92 bits per heavy atom. The monoisotopic (exact) mass is 182 g/mol. The maximum absolute atomic E-state index is 12.5. The van der Waals surface area contributed by atoms with Gasteiger partial charge in [-0.3, -0.25) is 4.79 Å². The molecule has 0 aliphatic carbocycles. The lowest BCUT2D eigenvalue weighted by molar-refractivity contribution is 0.0964. The van der Waals surface area contributed by atoms with Gasteiger partial charge in [-0.25, -0.2) is 4.39 Å². The second-order valence-corrected chi connectivity index (χ2v) is 2.71. The molecule has 0 aliphatic rings. The molecule has 0 aliphatic heterocycles. The van der Waals surface area contributed by atoms with E-state index in [1.54, 1.807) is 0 Å². The SMILES string of the molecule is NCC(N)C(=O)c1ccc(F)cc1. The predicted molar refractivity (Wildman–Crippen MR) is 47.8 cm³/mol. The van der Waals surface area contributed by atoms with E-state index in [1.807, 2.05) is 0 Å². The Morgan fingerprint density at radius 1 is 1.38 bits per heavy atom. The Bertz CT molecular complexity index is 297. The Kier molecular flexibility index (Phi) is 3.11. The van der Waals surface area contributed by atoms with Crippen LogP contribution in [-0.4, -0.2) is 18.4 Å². The third kappa shape index (κ3) is 2.34. The zero-order valence-corrected chi connectivity index (χ0v) is 7.03. The number of Topliss-reactive ketones (excluding diaryl/α,β-unsaturated/α-hetero) is 1. The van der Waals surface area contributed by atoms with Gasteiger partial charge < -0.3 is 11.5 Å². The molecule has 0 aromatic heterocycles. The van der Waals surface area contributed by atoms with Crippen LogP contribution in [0.2, 0.25) is 0 Å². The van der Waals surface area contributed by atoms with Gasteiger partial charge in [0.05, 0.1) is 6.04 Å². The minimum Gasteiger partial charge on any atom is -0.328 e. The molecule has 0 fully saturated rings. The highest BCUT2D eigenvalue weighted by atomic mass is 19.1. The molecule has 1 rings (SSSR count). The average Bonchev–Trinajstić information content (AvgIpc) is 2.17. The molecule has 0 bridgehead atoms. The van der Waals surface area contributed by atoms with Crippen LogP contribution < -0.4 is 11.5 Å². The van der Waals surface area contributed by atoms with Crippen LogP contribution in [0.4, 0.5) is 4.39 Å². The Hall–Kier alpha value is -1.26. The molecule has 3 nitrogen and oxygen atoms in total. The second-order valence-electron chi connectivity index (χ2n) is 2.71. The first kappa shape index (κ1) is 9.83. The highest BCUT2D eigenvalue weighted by Crippen LogP contribution is 2.04. The summed E-state index contributed by atoms with van der Waals surface area (Å²) in [5, 5.41) is 0. The summed E-state index contributed by atoms with van der Waals surface area (Å²) >= 11 is 0. The average molecular weight is 182 g/mol. The van der Waals surface area contributed by atoms with Gasteiger partial charge in [-0.2, -0.15) is 0 Å². The third-order valence-corrected chi connectivity index (χ3v) is 1.72. The first-order valence-electron chi connectivity index (χ1n) is 3.90. The molecule has 1 aromatic rings. The molecule has 4 N–H and O–H groups in total. The van der Waals surface area contributed by atoms with E-state index in [1.165, 1.54) is 24.3 Å². The summed E-state index contributed by atoms with van der Waals surface area (Å²) in [4.78, 5) is 11.4. The molecule has 1 unspecified atom stereocenters. The zero-order valence-electron chi connectivity index (χ0n) is 7.03. The van der Waals surface area contributed by atoms with E-state index in [9.17, 15) is 9.18 Å². The van der Waals surface area contributed by atoms with Gasteiger partial charge in [-0.15, -0.1) is 0 Å². The van der Waals surface area contributed by atoms with Crippen molar-refractivity contribution in [2.75, 3.05) is 6.54 Å². The van der Waals surface area contributed by atoms with Crippen LogP contribution in [0.3, 0.4) is 0 Å². The normalized spacial score (nSPS) is 12.5. The van der Waals surface area contributed by atoms with Gasteiger partial charge in [-0.1, -0.05) is 0 Å². The smallest absolute Gasteiger partial charge is 0.180 e. The highest BCUT2D eigenvalue weighted by molar-refractivity contribution is 6.00. The van der Waals surface area contributed by atoms with Gasteiger partial charge in [0.25, 0.3) is 0 Å². The van der Waals surface area contributed by atoms with Crippen LogP contribution in [0.1, 0.15) is 10.4 Å². The maximum Gasteiger partial charge on any atom is 0.180 e. The van der Waals surface area contributed by atoms with Crippen molar-refractivity contribution >= 4 is 5.78 Å². The summed E-state index contributed by atoms with van der Waals surface area (Å²) < 4.78 is 12.5. The molecule has 1 aromatic carbocycles. The number of hydrogen-bond acceptors (Lipinski definition) is 3. The van der Waals surface area contributed by atoms with Crippen LogP contribution in [0, 0.1) is 5.82 Å². The third-order valence-electron chi connectivity index (χ3n) is 1.72. The molecule has 0 saturated carbocycles. The first-order valence-corrected chi connectivity index (χ1v) is 3.90. The van der Waals surface area contributed by atoms with Gasteiger partial charge in [0, 0.05) is 12.1 Å².